The predicted octanol–water partition coefficient (Wildman–Crippen LogP) is 1.03. The van der Waals surface area contributed by atoms with E-state index in [4.69, 9.17) is 4.74 Å². The summed E-state index contributed by atoms with van der Waals surface area (Å²) in [5.74, 6) is 2.18. The van der Waals surface area contributed by atoms with Gasteiger partial charge in [0.15, 0.2) is 11.8 Å². The Morgan fingerprint density at radius 3 is 2.96 bits per heavy atom. The van der Waals surface area contributed by atoms with E-state index in [1.165, 1.54) is 0 Å². The molecule has 1 atom stereocenters. The minimum atomic E-state index is -0.126. The lowest BCUT2D eigenvalue weighted by atomic mass is 9.98. The number of rotatable bonds is 6. The van der Waals surface area contributed by atoms with Crippen molar-refractivity contribution in [2.75, 3.05) is 26.2 Å². The second-order valence-electron chi connectivity index (χ2n) is 6.07. The number of carbonyl (C=O) groups excluding carboxylic acids is 1. The number of hydrogen-bond acceptors (Lipinski definition) is 5. The second-order valence-corrected chi connectivity index (χ2v) is 6.07. The lowest BCUT2D eigenvalue weighted by Crippen LogP contribution is -2.48. The van der Waals surface area contributed by atoms with E-state index in [0.717, 1.165) is 37.0 Å². The second kappa shape index (κ2) is 9.19. The van der Waals surface area contributed by atoms with Crippen LogP contribution in [0.1, 0.15) is 31.4 Å². The summed E-state index contributed by atoms with van der Waals surface area (Å²) < 4.78 is 7.10. The third kappa shape index (κ3) is 5.04. The molecule has 0 bridgehead atoms. The van der Waals surface area contributed by atoms with Crippen LogP contribution in [0.3, 0.4) is 0 Å². The Morgan fingerprint density at radius 2 is 2.32 bits per heavy atom. The van der Waals surface area contributed by atoms with E-state index in [9.17, 15) is 4.79 Å². The molecular weight excluding hydrogens is 320 g/mol. The number of likely N-dealkylation sites (tertiary alicyclic amines) is 1. The van der Waals surface area contributed by atoms with Crippen molar-refractivity contribution in [1.29, 1.82) is 0 Å². The normalized spacial score (nSPS) is 18.1. The van der Waals surface area contributed by atoms with Gasteiger partial charge in [-0.3, -0.25) is 4.79 Å². The zero-order chi connectivity index (χ0) is 18.2. The molecule has 1 aromatic rings. The van der Waals surface area contributed by atoms with Crippen molar-refractivity contribution < 1.29 is 9.53 Å². The SMILES string of the molecule is C=CCNC(=NCc1nnc(C)n1C)N1CCCC(C(=O)OCC)C1. The highest BCUT2D eigenvalue weighted by atomic mass is 16.5. The Bertz CT molecular complexity index is 625. The van der Waals surface area contributed by atoms with Gasteiger partial charge < -0.3 is 19.5 Å². The standard InChI is InChI=1S/C17H28N6O2/c1-5-9-18-17(19-11-15-21-20-13(3)22(15)4)23-10-7-8-14(12-23)16(24)25-6-2/h5,14H,1,6-12H2,2-4H3,(H,18,19). The van der Waals surface area contributed by atoms with Crippen molar-refractivity contribution in [1.82, 2.24) is 25.0 Å². The fourth-order valence-electron chi connectivity index (χ4n) is 2.79. The van der Waals surface area contributed by atoms with Crippen LogP contribution >= 0.6 is 0 Å². The largest absolute Gasteiger partial charge is 0.466 e. The van der Waals surface area contributed by atoms with Crippen molar-refractivity contribution in [3.63, 3.8) is 0 Å². The van der Waals surface area contributed by atoms with Crippen LogP contribution in [0.5, 0.6) is 0 Å². The van der Waals surface area contributed by atoms with Gasteiger partial charge >= 0.3 is 5.97 Å². The molecule has 1 unspecified atom stereocenters. The third-order valence-electron chi connectivity index (χ3n) is 4.30. The third-order valence-corrected chi connectivity index (χ3v) is 4.30. The van der Waals surface area contributed by atoms with Crippen molar-refractivity contribution in [3.05, 3.63) is 24.3 Å². The molecule has 0 amide bonds. The van der Waals surface area contributed by atoms with E-state index < -0.39 is 0 Å². The first-order valence-electron chi connectivity index (χ1n) is 8.72. The zero-order valence-electron chi connectivity index (χ0n) is 15.4. The molecule has 25 heavy (non-hydrogen) atoms. The number of ether oxygens (including phenoxy) is 1. The lowest BCUT2D eigenvalue weighted by molar-refractivity contribution is -0.149. The van der Waals surface area contributed by atoms with Crippen LogP contribution in [-0.4, -0.2) is 57.8 Å². The first-order valence-corrected chi connectivity index (χ1v) is 8.72. The van der Waals surface area contributed by atoms with E-state index >= 15 is 0 Å². The predicted molar refractivity (Wildman–Crippen MR) is 96.0 cm³/mol. The number of nitrogens with zero attached hydrogens (tertiary/aromatic N) is 5. The fourth-order valence-corrected chi connectivity index (χ4v) is 2.79. The molecule has 1 aliphatic rings. The summed E-state index contributed by atoms with van der Waals surface area (Å²) in [6, 6.07) is 0. The molecule has 0 saturated carbocycles. The lowest BCUT2D eigenvalue weighted by Gasteiger charge is -2.34. The van der Waals surface area contributed by atoms with Gasteiger partial charge in [0.2, 0.25) is 0 Å². The summed E-state index contributed by atoms with van der Waals surface area (Å²) in [6.07, 6.45) is 3.57. The van der Waals surface area contributed by atoms with Crippen molar-refractivity contribution in [3.8, 4) is 0 Å². The van der Waals surface area contributed by atoms with Gasteiger partial charge in [0.25, 0.3) is 0 Å². The highest BCUT2D eigenvalue weighted by molar-refractivity contribution is 5.81. The number of esters is 1. The number of aryl methyl sites for hydroxylation is 1. The maximum absolute atomic E-state index is 12.1. The molecule has 1 aromatic heterocycles. The maximum Gasteiger partial charge on any atom is 0.310 e. The van der Waals surface area contributed by atoms with Crippen LogP contribution in [0.15, 0.2) is 17.6 Å². The van der Waals surface area contributed by atoms with Gasteiger partial charge in [-0.1, -0.05) is 6.08 Å². The summed E-state index contributed by atoms with van der Waals surface area (Å²) >= 11 is 0. The molecule has 1 aliphatic heterocycles. The van der Waals surface area contributed by atoms with Gasteiger partial charge in [0.05, 0.1) is 12.5 Å². The Morgan fingerprint density at radius 1 is 1.52 bits per heavy atom. The van der Waals surface area contributed by atoms with Crippen LogP contribution in [0.2, 0.25) is 0 Å². The van der Waals surface area contributed by atoms with Crippen molar-refractivity contribution >= 4 is 11.9 Å². The van der Waals surface area contributed by atoms with Crippen LogP contribution in [-0.2, 0) is 23.1 Å². The summed E-state index contributed by atoms with van der Waals surface area (Å²) in [4.78, 5) is 18.8. The smallest absolute Gasteiger partial charge is 0.310 e. The van der Waals surface area contributed by atoms with E-state index in [1.807, 2.05) is 25.5 Å². The molecule has 0 spiro atoms. The van der Waals surface area contributed by atoms with Crippen molar-refractivity contribution in [2.45, 2.75) is 33.2 Å². The summed E-state index contributed by atoms with van der Waals surface area (Å²) in [5, 5.41) is 11.5. The number of carbonyl (C=O) groups is 1. The van der Waals surface area contributed by atoms with Gasteiger partial charge in [-0.25, -0.2) is 4.99 Å². The van der Waals surface area contributed by atoms with Crippen LogP contribution in [0, 0.1) is 12.8 Å². The van der Waals surface area contributed by atoms with Gasteiger partial charge in [-0.2, -0.15) is 0 Å². The molecule has 138 valence electrons. The van der Waals surface area contributed by atoms with Crippen LogP contribution < -0.4 is 5.32 Å². The average Bonchev–Trinajstić information content (AvgIpc) is 2.94. The molecule has 0 aromatic carbocycles. The van der Waals surface area contributed by atoms with Crippen LogP contribution in [0.4, 0.5) is 0 Å². The van der Waals surface area contributed by atoms with Gasteiger partial charge in [-0.15, -0.1) is 16.8 Å². The number of nitrogens with one attached hydrogen (secondary N) is 1. The number of guanidine groups is 1. The minimum Gasteiger partial charge on any atom is -0.466 e. The van der Waals surface area contributed by atoms with E-state index in [2.05, 4.69) is 32.0 Å². The molecule has 1 fully saturated rings. The van der Waals surface area contributed by atoms with Gasteiger partial charge in [0, 0.05) is 26.7 Å². The average molecular weight is 348 g/mol. The minimum absolute atomic E-state index is 0.110. The molecule has 8 nitrogen and oxygen atoms in total. The number of piperidine rings is 1. The number of hydrogen-bond donors (Lipinski definition) is 1. The summed E-state index contributed by atoms with van der Waals surface area (Å²) in [5.41, 5.74) is 0. The molecule has 0 aliphatic carbocycles. The van der Waals surface area contributed by atoms with E-state index in [0.29, 0.717) is 26.2 Å². The maximum atomic E-state index is 12.1. The highest BCUT2D eigenvalue weighted by Gasteiger charge is 2.28. The number of aliphatic imine (C=N–C) groups is 1. The first kappa shape index (κ1) is 19.0. The quantitative estimate of drug-likeness (QED) is 0.358. The highest BCUT2D eigenvalue weighted by Crippen LogP contribution is 2.18. The summed E-state index contributed by atoms with van der Waals surface area (Å²) in [7, 11) is 1.93. The Hall–Kier alpha value is -2.38. The Balaban J connectivity index is 2.09. The van der Waals surface area contributed by atoms with Gasteiger partial charge in [-0.05, 0) is 26.7 Å². The molecule has 0 radical (unpaired) electrons. The fraction of sp³-hybridized carbons (Fsp3) is 0.647. The van der Waals surface area contributed by atoms with E-state index in [-0.39, 0.29) is 11.9 Å². The monoisotopic (exact) mass is 348 g/mol. The molecule has 8 heteroatoms. The molecule has 2 rings (SSSR count). The summed E-state index contributed by atoms with van der Waals surface area (Å²) in [6.45, 7) is 10.4. The van der Waals surface area contributed by atoms with E-state index in [1.54, 1.807) is 6.08 Å². The Labute approximate surface area is 149 Å². The van der Waals surface area contributed by atoms with Gasteiger partial charge in [0.1, 0.15) is 12.4 Å². The molecule has 1 saturated heterocycles. The van der Waals surface area contributed by atoms with Crippen molar-refractivity contribution in [2.24, 2.45) is 18.0 Å². The molecular formula is C17H28N6O2. The topological polar surface area (TPSA) is 84.6 Å². The number of aromatic nitrogens is 3. The Kier molecular flexibility index (Phi) is 6.97. The molecule has 2 heterocycles. The first-order chi connectivity index (χ1) is 12.1. The van der Waals surface area contributed by atoms with Crippen LogP contribution in [0.25, 0.3) is 0 Å². The molecule has 1 N–H and O–H groups in total. The zero-order valence-corrected chi connectivity index (χ0v) is 15.4.